The Labute approximate surface area is 145 Å². The van der Waals surface area contributed by atoms with E-state index in [0.717, 1.165) is 52.2 Å². The molecule has 4 nitrogen and oxygen atoms in total. The first kappa shape index (κ1) is 17.2. The van der Waals surface area contributed by atoms with E-state index in [1.54, 1.807) is 0 Å². The number of piperidine rings is 1. The molecule has 3 rings (SSSR count). The molecule has 2 aliphatic rings. The fourth-order valence-corrected chi connectivity index (χ4v) is 3.41. The van der Waals surface area contributed by atoms with Crippen LogP contribution in [-0.2, 0) is 9.53 Å². The van der Waals surface area contributed by atoms with E-state index < -0.39 is 0 Å². The van der Waals surface area contributed by atoms with E-state index in [-0.39, 0.29) is 5.91 Å². The summed E-state index contributed by atoms with van der Waals surface area (Å²) in [6.07, 6.45) is 6.68. The Morgan fingerprint density at radius 3 is 2.67 bits per heavy atom. The van der Waals surface area contributed by atoms with Gasteiger partial charge in [-0.3, -0.25) is 9.69 Å². The molecule has 0 aromatic heterocycles. The molecule has 128 valence electrons. The molecule has 1 aromatic rings. The predicted octanol–water partition coefficient (Wildman–Crippen LogP) is 0.529. The molecule has 0 aliphatic carbocycles. The topological polar surface area (TPSA) is 32.8 Å². The zero-order chi connectivity index (χ0) is 16.8. The third kappa shape index (κ3) is 4.95. The van der Waals surface area contributed by atoms with Gasteiger partial charge in [0.1, 0.15) is 7.85 Å². The second kappa shape index (κ2) is 8.49. The van der Waals surface area contributed by atoms with Gasteiger partial charge >= 0.3 is 0 Å². The van der Waals surface area contributed by atoms with Crippen molar-refractivity contribution in [3.8, 4) is 0 Å². The summed E-state index contributed by atoms with van der Waals surface area (Å²) in [4.78, 5) is 16.7. The minimum Gasteiger partial charge on any atom is -0.379 e. The minimum absolute atomic E-state index is 0.276. The summed E-state index contributed by atoms with van der Waals surface area (Å²) in [5.41, 5.74) is 2.56. The van der Waals surface area contributed by atoms with Crippen LogP contribution in [0.15, 0.2) is 30.3 Å². The van der Waals surface area contributed by atoms with Gasteiger partial charge in [0.05, 0.1) is 19.8 Å². The number of ether oxygens (including phenoxy) is 1. The first-order valence-electron chi connectivity index (χ1n) is 9.03. The minimum atomic E-state index is 0.276. The number of carbonyl (C=O) groups excluding carboxylic acids is 1. The molecule has 1 aromatic carbocycles. The largest absolute Gasteiger partial charge is 0.379 e. The van der Waals surface area contributed by atoms with Gasteiger partial charge in [-0.1, -0.05) is 41.9 Å². The van der Waals surface area contributed by atoms with Crippen molar-refractivity contribution >= 4 is 25.3 Å². The second-order valence-corrected chi connectivity index (χ2v) is 6.88. The van der Waals surface area contributed by atoms with Crippen LogP contribution >= 0.6 is 0 Å². The highest BCUT2D eigenvalue weighted by atomic mass is 16.5. The van der Waals surface area contributed by atoms with Gasteiger partial charge in [0.15, 0.2) is 0 Å². The Morgan fingerprint density at radius 2 is 1.96 bits per heavy atom. The third-order valence-electron chi connectivity index (χ3n) is 4.96. The van der Waals surface area contributed by atoms with Crippen molar-refractivity contribution in [1.29, 1.82) is 0 Å². The van der Waals surface area contributed by atoms with Crippen molar-refractivity contribution in [2.24, 2.45) is 5.92 Å². The van der Waals surface area contributed by atoms with E-state index in [0.29, 0.717) is 12.5 Å². The number of amides is 1. The summed E-state index contributed by atoms with van der Waals surface area (Å²) < 4.78 is 5.34. The Balaban J connectivity index is 1.44. The van der Waals surface area contributed by atoms with Crippen LogP contribution in [0.5, 0.6) is 0 Å². The number of hydrogen-bond donors (Lipinski definition) is 0. The van der Waals surface area contributed by atoms with Crippen LogP contribution in [0.2, 0.25) is 0 Å². The number of rotatable bonds is 4. The lowest BCUT2D eigenvalue weighted by Crippen LogP contribution is -2.46. The molecule has 2 heterocycles. The number of nitrogens with zero attached hydrogens (tertiary/aromatic N) is 2. The van der Waals surface area contributed by atoms with E-state index >= 15 is 0 Å². The monoisotopic (exact) mass is 326 g/mol. The van der Waals surface area contributed by atoms with Gasteiger partial charge in [0.25, 0.3) is 0 Å². The van der Waals surface area contributed by atoms with Crippen molar-refractivity contribution < 1.29 is 9.53 Å². The fraction of sp³-hybridized carbons (Fsp3) is 0.526. The average Bonchev–Trinajstić information content (AvgIpc) is 2.61. The van der Waals surface area contributed by atoms with Gasteiger partial charge in [0.2, 0.25) is 5.91 Å². The van der Waals surface area contributed by atoms with Gasteiger partial charge in [0, 0.05) is 26.2 Å². The van der Waals surface area contributed by atoms with Crippen LogP contribution in [0.1, 0.15) is 18.4 Å². The van der Waals surface area contributed by atoms with Crippen molar-refractivity contribution in [3.05, 3.63) is 35.9 Å². The van der Waals surface area contributed by atoms with E-state index in [2.05, 4.69) is 49.2 Å². The third-order valence-corrected chi connectivity index (χ3v) is 4.96. The van der Waals surface area contributed by atoms with E-state index in [9.17, 15) is 4.79 Å². The molecule has 0 spiro atoms. The van der Waals surface area contributed by atoms with Gasteiger partial charge in [-0.25, -0.2) is 0 Å². The zero-order valence-corrected chi connectivity index (χ0v) is 14.6. The van der Waals surface area contributed by atoms with Gasteiger partial charge in [-0.05, 0) is 24.3 Å². The quantitative estimate of drug-likeness (QED) is 0.757. The van der Waals surface area contributed by atoms with Crippen LogP contribution in [0.25, 0.3) is 6.08 Å². The molecule has 0 unspecified atom stereocenters. The van der Waals surface area contributed by atoms with E-state index in [1.807, 2.05) is 4.90 Å². The smallest absolute Gasteiger partial charge is 0.236 e. The summed E-state index contributed by atoms with van der Waals surface area (Å²) in [6.45, 7) is 5.56. The molecule has 0 saturated carbocycles. The Morgan fingerprint density at radius 1 is 1.21 bits per heavy atom. The van der Waals surface area contributed by atoms with Crippen molar-refractivity contribution in [2.45, 2.75) is 12.8 Å². The molecule has 2 saturated heterocycles. The maximum absolute atomic E-state index is 12.4. The Hall–Kier alpha value is -1.59. The van der Waals surface area contributed by atoms with Gasteiger partial charge < -0.3 is 9.64 Å². The summed E-state index contributed by atoms with van der Waals surface area (Å²) in [6, 6.07) is 8.57. The highest BCUT2D eigenvalue weighted by Crippen LogP contribution is 2.20. The number of benzene rings is 1. The molecule has 2 aliphatic heterocycles. The second-order valence-electron chi connectivity index (χ2n) is 6.88. The molecule has 1 amide bonds. The summed E-state index contributed by atoms with van der Waals surface area (Å²) in [5, 5.41) is 0. The molecular formula is C19H27BN2O2. The first-order valence-corrected chi connectivity index (χ1v) is 9.03. The Bertz CT molecular complexity index is 576. The number of carbonyl (C=O) groups is 1. The SMILES string of the molecule is Bc1cccc(/C=C\C2CCN(C(=O)CN3CCOCC3)CC2)c1. The maximum Gasteiger partial charge on any atom is 0.236 e. The Kier molecular flexibility index (Phi) is 6.10. The molecule has 0 radical (unpaired) electrons. The summed E-state index contributed by atoms with van der Waals surface area (Å²) in [7, 11) is 2.12. The average molecular weight is 326 g/mol. The van der Waals surface area contributed by atoms with Crippen LogP contribution in [0, 0.1) is 5.92 Å². The summed E-state index contributed by atoms with van der Waals surface area (Å²) in [5.74, 6) is 0.857. The standard InChI is InChI=1S/C19H27BN2O2/c20-18-3-1-2-17(14-18)5-4-16-6-8-22(9-7-16)19(23)15-21-10-12-24-13-11-21/h1-5,14,16H,6-13,15,20H2/b5-4-. The van der Waals surface area contributed by atoms with E-state index in [4.69, 9.17) is 4.74 Å². The van der Waals surface area contributed by atoms with Crippen LogP contribution in [0.3, 0.4) is 0 Å². The fourth-order valence-electron chi connectivity index (χ4n) is 3.41. The first-order chi connectivity index (χ1) is 11.7. The molecular weight excluding hydrogens is 299 g/mol. The molecule has 0 bridgehead atoms. The van der Waals surface area contributed by atoms with Gasteiger partial charge in [-0.15, -0.1) is 0 Å². The highest BCUT2D eigenvalue weighted by molar-refractivity contribution is 6.32. The number of likely N-dealkylation sites (tertiary alicyclic amines) is 1. The molecule has 5 heteroatoms. The number of hydrogen-bond acceptors (Lipinski definition) is 3. The van der Waals surface area contributed by atoms with Crippen LogP contribution in [-0.4, -0.2) is 69.5 Å². The van der Waals surface area contributed by atoms with Crippen molar-refractivity contribution in [1.82, 2.24) is 9.80 Å². The normalized spacial score (nSPS) is 20.6. The summed E-state index contributed by atoms with van der Waals surface area (Å²) >= 11 is 0. The van der Waals surface area contributed by atoms with Crippen LogP contribution < -0.4 is 5.46 Å². The predicted molar refractivity (Wildman–Crippen MR) is 100 cm³/mol. The maximum atomic E-state index is 12.4. The zero-order valence-electron chi connectivity index (χ0n) is 14.6. The highest BCUT2D eigenvalue weighted by Gasteiger charge is 2.23. The lowest BCUT2D eigenvalue weighted by Gasteiger charge is -2.33. The molecule has 2 fully saturated rings. The van der Waals surface area contributed by atoms with Crippen molar-refractivity contribution in [2.75, 3.05) is 45.9 Å². The van der Waals surface area contributed by atoms with Crippen molar-refractivity contribution in [3.63, 3.8) is 0 Å². The lowest BCUT2D eigenvalue weighted by atomic mass is 9.92. The molecule has 0 N–H and O–H groups in total. The lowest BCUT2D eigenvalue weighted by molar-refractivity contribution is -0.134. The number of morpholine rings is 1. The van der Waals surface area contributed by atoms with Gasteiger partial charge in [-0.2, -0.15) is 0 Å². The van der Waals surface area contributed by atoms with E-state index in [1.165, 1.54) is 11.0 Å². The number of allylic oxidation sites excluding steroid dienone is 1. The molecule has 24 heavy (non-hydrogen) atoms. The van der Waals surface area contributed by atoms with Crippen LogP contribution in [0.4, 0.5) is 0 Å². The molecule has 0 atom stereocenters.